The van der Waals surface area contributed by atoms with Crippen LogP contribution in [0.2, 0.25) is 0 Å². The summed E-state index contributed by atoms with van der Waals surface area (Å²) in [7, 11) is 0. The van der Waals surface area contributed by atoms with E-state index < -0.39 is 0 Å². The third-order valence-electron chi connectivity index (χ3n) is 6.85. The van der Waals surface area contributed by atoms with Crippen molar-refractivity contribution in [1.82, 2.24) is 0 Å². The molecule has 0 saturated heterocycles. The molecule has 2 nitrogen and oxygen atoms in total. The maximum Gasteiger partial charge on any atom is 0.137 e. The van der Waals surface area contributed by atoms with Crippen LogP contribution in [0, 0.1) is 0 Å². The molecule has 6 rings (SSSR count). The van der Waals surface area contributed by atoms with E-state index in [4.69, 9.17) is 4.42 Å². The van der Waals surface area contributed by atoms with Gasteiger partial charge in [0.2, 0.25) is 0 Å². The lowest BCUT2D eigenvalue weighted by Crippen LogP contribution is -2.10. The van der Waals surface area contributed by atoms with Gasteiger partial charge >= 0.3 is 0 Å². The van der Waals surface area contributed by atoms with Crippen LogP contribution in [0.1, 0.15) is 26.3 Å². The van der Waals surface area contributed by atoms with Crippen molar-refractivity contribution in [2.24, 2.45) is 0 Å². The lowest BCUT2D eigenvalue weighted by atomic mass is 9.86. The Kier molecular flexibility index (Phi) is 5.38. The van der Waals surface area contributed by atoms with Crippen LogP contribution in [0.4, 0.5) is 11.4 Å². The van der Waals surface area contributed by atoms with Gasteiger partial charge in [-0.3, -0.25) is 0 Å². The highest BCUT2D eigenvalue weighted by molar-refractivity contribution is 6.13. The van der Waals surface area contributed by atoms with Crippen LogP contribution in [0.15, 0.2) is 120 Å². The monoisotopic (exact) mass is 467 g/mol. The topological polar surface area (TPSA) is 25.2 Å². The van der Waals surface area contributed by atoms with Gasteiger partial charge in [0.05, 0.1) is 11.1 Å². The van der Waals surface area contributed by atoms with Gasteiger partial charge in [-0.2, -0.15) is 0 Å². The summed E-state index contributed by atoms with van der Waals surface area (Å²) in [6.07, 6.45) is 0. The first-order valence-electron chi connectivity index (χ1n) is 12.4. The largest absolute Gasteiger partial charge is 0.456 e. The average Bonchev–Trinajstić information content (AvgIpc) is 3.28. The summed E-state index contributed by atoms with van der Waals surface area (Å²) in [6, 6.07) is 40.6. The lowest BCUT2D eigenvalue weighted by Gasteiger charge is -2.19. The second-order valence-electron chi connectivity index (χ2n) is 10.4. The average molecular weight is 468 g/mol. The molecular weight excluding hydrogens is 438 g/mol. The predicted octanol–water partition coefficient (Wildman–Crippen LogP) is 9.96. The third-order valence-corrected chi connectivity index (χ3v) is 6.85. The molecule has 2 heteroatoms. The fourth-order valence-electron chi connectivity index (χ4n) is 4.81. The Morgan fingerprint density at radius 2 is 1.19 bits per heavy atom. The van der Waals surface area contributed by atoms with Gasteiger partial charge in [0.25, 0.3) is 0 Å². The SMILES string of the molecule is CC(C)(C)c1ccc(-c2ccc(Nc3cccc4oc5ccc(-c6ccccc6)cc5c34)cc2)cc1. The molecular formula is C34H29NO. The van der Waals surface area contributed by atoms with Crippen LogP contribution in [-0.2, 0) is 5.41 Å². The normalized spacial score (nSPS) is 11.8. The molecule has 1 heterocycles. The molecule has 0 aliphatic rings. The fraction of sp³-hybridized carbons (Fsp3) is 0.118. The summed E-state index contributed by atoms with van der Waals surface area (Å²) in [5.74, 6) is 0. The van der Waals surface area contributed by atoms with E-state index in [9.17, 15) is 0 Å². The van der Waals surface area contributed by atoms with Crippen LogP contribution in [0.25, 0.3) is 44.2 Å². The summed E-state index contributed by atoms with van der Waals surface area (Å²) in [6.45, 7) is 6.73. The Balaban J connectivity index is 1.33. The van der Waals surface area contributed by atoms with Crippen LogP contribution in [-0.4, -0.2) is 0 Å². The van der Waals surface area contributed by atoms with Crippen molar-refractivity contribution in [2.75, 3.05) is 5.32 Å². The van der Waals surface area contributed by atoms with E-state index in [1.807, 2.05) is 18.2 Å². The Morgan fingerprint density at radius 1 is 0.556 bits per heavy atom. The molecule has 0 spiro atoms. The highest BCUT2D eigenvalue weighted by Gasteiger charge is 2.14. The number of hydrogen-bond acceptors (Lipinski definition) is 2. The Bertz CT molecular complexity index is 1650. The second-order valence-corrected chi connectivity index (χ2v) is 10.4. The van der Waals surface area contributed by atoms with Gasteiger partial charge in [0.15, 0.2) is 0 Å². The van der Waals surface area contributed by atoms with Crippen molar-refractivity contribution in [3.8, 4) is 22.3 Å². The minimum atomic E-state index is 0.159. The zero-order valence-corrected chi connectivity index (χ0v) is 20.9. The van der Waals surface area contributed by atoms with Gasteiger partial charge < -0.3 is 9.73 Å². The third kappa shape index (κ3) is 4.16. The van der Waals surface area contributed by atoms with E-state index >= 15 is 0 Å². The number of fused-ring (bicyclic) bond motifs is 3. The molecule has 1 N–H and O–H groups in total. The number of rotatable bonds is 4. The highest BCUT2D eigenvalue weighted by atomic mass is 16.3. The van der Waals surface area contributed by atoms with Crippen LogP contribution in [0.3, 0.4) is 0 Å². The smallest absolute Gasteiger partial charge is 0.137 e. The predicted molar refractivity (Wildman–Crippen MR) is 153 cm³/mol. The number of furan rings is 1. The molecule has 36 heavy (non-hydrogen) atoms. The molecule has 0 amide bonds. The van der Waals surface area contributed by atoms with E-state index in [0.717, 1.165) is 33.3 Å². The summed E-state index contributed by atoms with van der Waals surface area (Å²) in [4.78, 5) is 0. The Morgan fingerprint density at radius 3 is 1.89 bits per heavy atom. The molecule has 5 aromatic carbocycles. The molecule has 0 fully saturated rings. The zero-order chi connectivity index (χ0) is 24.7. The van der Waals surface area contributed by atoms with Gasteiger partial charge in [-0.1, -0.05) is 99.6 Å². The second kappa shape index (κ2) is 8.73. The maximum absolute atomic E-state index is 6.19. The van der Waals surface area contributed by atoms with Crippen LogP contribution in [0.5, 0.6) is 0 Å². The molecule has 0 unspecified atom stereocenters. The Hall–Kier alpha value is -4.30. The molecule has 0 aliphatic carbocycles. The van der Waals surface area contributed by atoms with Crippen molar-refractivity contribution in [1.29, 1.82) is 0 Å². The zero-order valence-electron chi connectivity index (χ0n) is 20.9. The fourth-order valence-corrected chi connectivity index (χ4v) is 4.81. The molecule has 0 aliphatic heterocycles. The number of benzene rings is 5. The van der Waals surface area contributed by atoms with Gasteiger partial charge in [0.1, 0.15) is 11.2 Å². The number of hydrogen-bond donors (Lipinski definition) is 1. The van der Waals surface area contributed by atoms with E-state index in [0.29, 0.717) is 0 Å². The van der Waals surface area contributed by atoms with Gasteiger partial charge in [0, 0.05) is 11.1 Å². The van der Waals surface area contributed by atoms with Crippen LogP contribution < -0.4 is 5.32 Å². The van der Waals surface area contributed by atoms with Crippen LogP contribution >= 0.6 is 0 Å². The minimum Gasteiger partial charge on any atom is -0.456 e. The van der Waals surface area contributed by atoms with E-state index in [2.05, 4.69) is 123 Å². The van der Waals surface area contributed by atoms with Gasteiger partial charge in [-0.15, -0.1) is 0 Å². The molecule has 0 bridgehead atoms. The summed E-state index contributed by atoms with van der Waals surface area (Å²) < 4.78 is 6.19. The minimum absolute atomic E-state index is 0.159. The van der Waals surface area contributed by atoms with E-state index in [1.54, 1.807) is 0 Å². The van der Waals surface area contributed by atoms with Crippen molar-refractivity contribution in [3.05, 3.63) is 121 Å². The molecule has 6 aromatic rings. The summed E-state index contributed by atoms with van der Waals surface area (Å²) in [5.41, 5.74) is 10.2. The summed E-state index contributed by atoms with van der Waals surface area (Å²) >= 11 is 0. The highest BCUT2D eigenvalue weighted by Crippen LogP contribution is 2.38. The van der Waals surface area contributed by atoms with Crippen molar-refractivity contribution < 1.29 is 4.42 Å². The lowest BCUT2D eigenvalue weighted by molar-refractivity contribution is 0.590. The molecule has 176 valence electrons. The first-order chi connectivity index (χ1) is 17.5. The standard InChI is InChI=1S/C34H29NO/c1-34(2,3)27-17-12-24(13-18-27)25-14-19-28(20-15-25)35-30-10-7-11-32-33(30)29-22-26(16-21-31(29)36-32)23-8-5-4-6-9-23/h4-22,35H,1-3H3. The molecule has 0 radical (unpaired) electrons. The first-order valence-corrected chi connectivity index (χ1v) is 12.4. The first kappa shape index (κ1) is 22.2. The quantitative estimate of drug-likeness (QED) is 0.279. The van der Waals surface area contributed by atoms with Gasteiger partial charge in [-0.25, -0.2) is 0 Å². The Labute approximate surface area is 212 Å². The molecule has 0 atom stereocenters. The molecule has 0 saturated carbocycles. The van der Waals surface area contributed by atoms with Crippen molar-refractivity contribution in [2.45, 2.75) is 26.2 Å². The summed E-state index contributed by atoms with van der Waals surface area (Å²) in [5, 5.41) is 5.85. The van der Waals surface area contributed by atoms with E-state index in [-0.39, 0.29) is 5.41 Å². The van der Waals surface area contributed by atoms with Crippen molar-refractivity contribution >= 4 is 33.3 Å². The van der Waals surface area contributed by atoms with Gasteiger partial charge in [-0.05, 0) is 69.6 Å². The van der Waals surface area contributed by atoms with Crippen molar-refractivity contribution in [3.63, 3.8) is 0 Å². The number of nitrogens with one attached hydrogen (secondary N) is 1. The molecule has 1 aromatic heterocycles. The number of anilines is 2. The maximum atomic E-state index is 6.19. The van der Waals surface area contributed by atoms with E-state index in [1.165, 1.54) is 27.8 Å².